The molecule has 1 aromatic rings. The summed E-state index contributed by atoms with van der Waals surface area (Å²) in [6.45, 7) is 2.46. The van der Waals surface area contributed by atoms with Gasteiger partial charge in [-0.15, -0.1) is 0 Å². The van der Waals surface area contributed by atoms with E-state index in [2.05, 4.69) is 6.92 Å². The highest BCUT2D eigenvalue weighted by Gasteiger charge is 2.17. The Hall–Kier alpha value is -1.35. The van der Waals surface area contributed by atoms with Crippen LogP contribution in [-0.4, -0.2) is 19.4 Å². The Balaban J connectivity index is 2.85. The molecule has 16 heavy (non-hydrogen) atoms. The van der Waals surface area contributed by atoms with Crippen molar-refractivity contribution in [3.63, 3.8) is 0 Å². The zero-order valence-electron chi connectivity index (χ0n) is 9.90. The number of rotatable bonds is 6. The third-order valence-electron chi connectivity index (χ3n) is 2.65. The predicted octanol–water partition coefficient (Wildman–Crippen LogP) is 2.25. The molecule has 0 fully saturated rings. The Morgan fingerprint density at radius 1 is 1.50 bits per heavy atom. The van der Waals surface area contributed by atoms with E-state index in [0.717, 1.165) is 12.8 Å². The highest BCUT2D eigenvalue weighted by atomic mass is 16.5. The van der Waals surface area contributed by atoms with E-state index in [1.807, 2.05) is 18.2 Å². The van der Waals surface area contributed by atoms with Gasteiger partial charge >= 0.3 is 0 Å². The molecule has 0 aliphatic carbocycles. The standard InChI is InChI=1S/C13H19NO2/c1-3-5-11(9-14)13(15)10-6-4-7-12(8-10)16-2/h4,6-8,11H,3,5,9,14H2,1-2H3. The van der Waals surface area contributed by atoms with Crippen LogP contribution in [-0.2, 0) is 0 Å². The Bertz CT molecular complexity index is 350. The van der Waals surface area contributed by atoms with Crippen LogP contribution in [0.15, 0.2) is 24.3 Å². The van der Waals surface area contributed by atoms with E-state index < -0.39 is 0 Å². The number of ether oxygens (including phenoxy) is 1. The van der Waals surface area contributed by atoms with Gasteiger partial charge in [-0.3, -0.25) is 4.79 Å². The van der Waals surface area contributed by atoms with Crippen molar-refractivity contribution in [3.8, 4) is 5.75 Å². The minimum atomic E-state index is -0.0721. The minimum Gasteiger partial charge on any atom is -0.497 e. The zero-order chi connectivity index (χ0) is 12.0. The molecule has 88 valence electrons. The van der Waals surface area contributed by atoms with Crippen LogP contribution in [0.4, 0.5) is 0 Å². The number of ketones is 1. The topological polar surface area (TPSA) is 52.3 Å². The molecule has 0 bridgehead atoms. The smallest absolute Gasteiger partial charge is 0.167 e. The third kappa shape index (κ3) is 3.07. The first kappa shape index (κ1) is 12.7. The van der Waals surface area contributed by atoms with Crippen LogP contribution in [0.3, 0.4) is 0 Å². The fourth-order valence-electron chi connectivity index (χ4n) is 1.72. The Morgan fingerprint density at radius 2 is 2.25 bits per heavy atom. The van der Waals surface area contributed by atoms with Crippen molar-refractivity contribution in [3.05, 3.63) is 29.8 Å². The van der Waals surface area contributed by atoms with Crippen molar-refractivity contribution >= 4 is 5.78 Å². The molecule has 0 amide bonds. The maximum atomic E-state index is 12.1. The molecular formula is C13H19NO2. The first-order valence-corrected chi connectivity index (χ1v) is 5.61. The number of Topliss-reactive ketones (excluding diaryl/α,β-unsaturated/α-hetero) is 1. The summed E-state index contributed by atoms with van der Waals surface area (Å²) in [7, 11) is 1.59. The Labute approximate surface area is 96.6 Å². The highest BCUT2D eigenvalue weighted by Crippen LogP contribution is 2.18. The number of hydrogen-bond donors (Lipinski definition) is 1. The number of methoxy groups -OCH3 is 1. The molecule has 0 spiro atoms. The normalized spacial score (nSPS) is 12.2. The van der Waals surface area contributed by atoms with Crippen molar-refractivity contribution in [1.82, 2.24) is 0 Å². The van der Waals surface area contributed by atoms with Gasteiger partial charge in [0.25, 0.3) is 0 Å². The molecule has 0 heterocycles. The largest absolute Gasteiger partial charge is 0.497 e. The average molecular weight is 221 g/mol. The molecule has 1 atom stereocenters. The van der Waals surface area contributed by atoms with Crippen molar-refractivity contribution in [2.45, 2.75) is 19.8 Å². The van der Waals surface area contributed by atoms with E-state index >= 15 is 0 Å². The van der Waals surface area contributed by atoms with Crippen molar-refractivity contribution in [2.75, 3.05) is 13.7 Å². The number of carbonyl (C=O) groups is 1. The second-order valence-electron chi connectivity index (χ2n) is 3.82. The average Bonchev–Trinajstić information content (AvgIpc) is 2.35. The maximum absolute atomic E-state index is 12.1. The van der Waals surface area contributed by atoms with E-state index in [1.54, 1.807) is 13.2 Å². The van der Waals surface area contributed by atoms with E-state index in [0.29, 0.717) is 17.9 Å². The third-order valence-corrected chi connectivity index (χ3v) is 2.65. The van der Waals surface area contributed by atoms with Crippen LogP contribution in [0.1, 0.15) is 30.1 Å². The van der Waals surface area contributed by atoms with Gasteiger partial charge in [-0.05, 0) is 18.6 Å². The van der Waals surface area contributed by atoms with Crippen molar-refractivity contribution in [1.29, 1.82) is 0 Å². The number of hydrogen-bond acceptors (Lipinski definition) is 3. The molecule has 0 saturated carbocycles. The van der Waals surface area contributed by atoms with E-state index in [4.69, 9.17) is 10.5 Å². The number of carbonyl (C=O) groups excluding carboxylic acids is 1. The van der Waals surface area contributed by atoms with Gasteiger partial charge in [0, 0.05) is 18.0 Å². The molecule has 0 aromatic heterocycles. The van der Waals surface area contributed by atoms with Gasteiger partial charge in [-0.1, -0.05) is 25.5 Å². The quantitative estimate of drug-likeness (QED) is 0.750. The predicted molar refractivity (Wildman–Crippen MR) is 64.8 cm³/mol. The van der Waals surface area contributed by atoms with Crippen molar-refractivity contribution < 1.29 is 9.53 Å². The van der Waals surface area contributed by atoms with Crippen LogP contribution in [0, 0.1) is 5.92 Å². The lowest BCUT2D eigenvalue weighted by Crippen LogP contribution is -2.23. The van der Waals surface area contributed by atoms with E-state index in [-0.39, 0.29) is 11.7 Å². The van der Waals surface area contributed by atoms with E-state index in [9.17, 15) is 4.79 Å². The lowest BCUT2D eigenvalue weighted by Gasteiger charge is -2.12. The lowest BCUT2D eigenvalue weighted by molar-refractivity contribution is 0.0917. The summed E-state index contributed by atoms with van der Waals surface area (Å²) in [5, 5.41) is 0. The summed E-state index contributed by atoms with van der Waals surface area (Å²) in [6.07, 6.45) is 1.81. The minimum absolute atomic E-state index is 0.0721. The maximum Gasteiger partial charge on any atom is 0.167 e. The SMILES string of the molecule is CCCC(CN)C(=O)c1cccc(OC)c1. The molecular weight excluding hydrogens is 202 g/mol. The first-order valence-electron chi connectivity index (χ1n) is 5.61. The Morgan fingerprint density at radius 3 is 2.81 bits per heavy atom. The molecule has 0 aliphatic rings. The molecule has 1 aromatic carbocycles. The zero-order valence-corrected chi connectivity index (χ0v) is 9.90. The van der Waals surface area contributed by atoms with E-state index in [1.165, 1.54) is 0 Å². The van der Waals surface area contributed by atoms with Crippen LogP contribution in [0.5, 0.6) is 5.75 Å². The van der Waals surface area contributed by atoms with Gasteiger partial charge in [0.2, 0.25) is 0 Å². The molecule has 1 unspecified atom stereocenters. The second kappa shape index (κ2) is 6.28. The van der Waals surface area contributed by atoms with Gasteiger partial charge in [0.05, 0.1) is 7.11 Å². The van der Waals surface area contributed by atoms with Crippen LogP contribution >= 0.6 is 0 Å². The molecule has 2 N–H and O–H groups in total. The summed E-state index contributed by atoms with van der Waals surface area (Å²) in [6, 6.07) is 7.23. The molecule has 0 saturated heterocycles. The lowest BCUT2D eigenvalue weighted by atomic mass is 9.93. The van der Waals surface area contributed by atoms with Gasteiger partial charge < -0.3 is 10.5 Å². The summed E-state index contributed by atoms with van der Waals surface area (Å²) in [5.41, 5.74) is 6.30. The molecule has 0 radical (unpaired) electrons. The number of nitrogens with two attached hydrogens (primary N) is 1. The van der Waals surface area contributed by atoms with Gasteiger partial charge in [0.1, 0.15) is 5.75 Å². The van der Waals surface area contributed by atoms with Crippen molar-refractivity contribution in [2.24, 2.45) is 11.7 Å². The fraction of sp³-hybridized carbons (Fsp3) is 0.462. The summed E-state index contributed by atoms with van der Waals surface area (Å²) < 4.78 is 5.09. The molecule has 0 aliphatic heterocycles. The molecule has 3 nitrogen and oxygen atoms in total. The van der Waals surface area contributed by atoms with Gasteiger partial charge in [-0.2, -0.15) is 0 Å². The number of benzene rings is 1. The fourth-order valence-corrected chi connectivity index (χ4v) is 1.72. The van der Waals surface area contributed by atoms with Crippen LogP contribution in [0.25, 0.3) is 0 Å². The monoisotopic (exact) mass is 221 g/mol. The molecule has 3 heteroatoms. The summed E-state index contributed by atoms with van der Waals surface area (Å²) in [5.74, 6) is 0.749. The highest BCUT2D eigenvalue weighted by molar-refractivity contribution is 5.98. The van der Waals surface area contributed by atoms with Gasteiger partial charge in [0.15, 0.2) is 5.78 Å². The van der Waals surface area contributed by atoms with Gasteiger partial charge in [-0.25, -0.2) is 0 Å². The molecule has 1 rings (SSSR count). The second-order valence-corrected chi connectivity index (χ2v) is 3.82. The first-order chi connectivity index (χ1) is 7.72. The summed E-state index contributed by atoms with van der Waals surface area (Å²) in [4.78, 5) is 12.1. The van der Waals surface area contributed by atoms with Crippen LogP contribution < -0.4 is 10.5 Å². The van der Waals surface area contributed by atoms with Crippen LogP contribution in [0.2, 0.25) is 0 Å². The Kier molecular flexibility index (Phi) is 4.99. The summed E-state index contributed by atoms with van der Waals surface area (Å²) >= 11 is 0.